The molecule has 0 aliphatic rings. The number of nitrogens with zero attached hydrogens (tertiary/aromatic N) is 1. The van der Waals surface area contributed by atoms with Crippen molar-refractivity contribution in [3.63, 3.8) is 0 Å². The van der Waals surface area contributed by atoms with Gasteiger partial charge >= 0.3 is 0 Å². The Morgan fingerprint density at radius 1 is 1.24 bits per heavy atom. The number of hydrogen-bond acceptors (Lipinski definition) is 3. The number of anilines is 1. The van der Waals surface area contributed by atoms with Crippen molar-refractivity contribution in [3.05, 3.63) is 49.0 Å². The molecule has 0 bridgehead atoms. The highest BCUT2D eigenvalue weighted by molar-refractivity contribution is 9.11. The van der Waals surface area contributed by atoms with Gasteiger partial charge in [0.1, 0.15) is 0 Å². The highest BCUT2D eigenvalue weighted by Crippen LogP contribution is 2.26. The Labute approximate surface area is 147 Å². The lowest BCUT2D eigenvalue weighted by Crippen LogP contribution is -2.17. The van der Waals surface area contributed by atoms with Crippen molar-refractivity contribution in [2.75, 3.05) is 18.5 Å². The molecule has 0 aliphatic carbocycles. The summed E-state index contributed by atoms with van der Waals surface area (Å²) in [4.78, 5) is 2.27. The van der Waals surface area contributed by atoms with Crippen molar-refractivity contribution in [1.29, 1.82) is 0 Å². The van der Waals surface area contributed by atoms with Gasteiger partial charge in [0.2, 0.25) is 0 Å². The molecule has 0 fully saturated rings. The van der Waals surface area contributed by atoms with E-state index in [1.165, 1.54) is 25.1 Å². The first kappa shape index (κ1) is 17.0. The number of thiophene rings is 1. The van der Waals surface area contributed by atoms with Crippen LogP contribution in [-0.4, -0.2) is 13.6 Å². The van der Waals surface area contributed by atoms with Gasteiger partial charge in [0.05, 0.1) is 3.79 Å². The van der Waals surface area contributed by atoms with Gasteiger partial charge in [-0.05, 0) is 63.6 Å². The zero-order valence-electron chi connectivity index (χ0n) is 12.3. The van der Waals surface area contributed by atoms with Gasteiger partial charge in [-0.15, -0.1) is 11.3 Å². The second kappa shape index (κ2) is 8.32. The lowest BCUT2D eigenvalue weighted by atomic mass is 10.2. The maximum absolute atomic E-state index is 3.68. The third kappa shape index (κ3) is 5.09. The number of halogens is 2. The van der Waals surface area contributed by atoms with E-state index in [0.717, 1.165) is 26.1 Å². The lowest BCUT2D eigenvalue weighted by Gasteiger charge is -2.20. The van der Waals surface area contributed by atoms with Crippen LogP contribution in [0, 0.1) is 0 Å². The molecule has 1 aromatic carbocycles. The van der Waals surface area contributed by atoms with Crippen LogP contribution in [0.3, 0.4) is 0 Å². The zero-order valence-corrected chi connectivity index (χ0v) is 16.3. The Bertz CT molecular complexity index is 583. The lowest BCUT2D eigenvalue weighted by molar-refractivity contribution is 0.674. The predicted molar refractivity (Wildman–Crippen MR) is 100 cm³/mol. The summed E-state index contributed by atoms with van der Waals surface area (Å²) in [6.45, 7) is 5.07. The Morgan fingerprint density at radius 2 is 2.05 bits per heavy atom. The second-order valence-electron chi connectivity index (χ2n) is 5.07. The second-order valence-corrected chi connectivity index (χ2v) is 8.21. The van der Waals surface area contributed by atoms with Gasteiger partial charge in [0.15, 0.2) is 0 Å². The minimum Gasteiger partial charge on any atom is -0.370 e. The topological polar surface area (TPSA) is 15.3 Å². The first-order valence-electron chi connectivity index (χ1n) is 7.03. The van der Waals surface area contributed by atoms with E-state index in [1.54, 1.807) is 11.3 Å². The third-order valence-corrected chi connectivity index (χ3v) is 5.55. The van der Waals surface area contributed by atoms with Crippen LogP contribution in [0.4, 0.5) is 5.69 Å². The van der Waals surface area contributed by atoms with Crippen LogP contribution in [0.1, 0.15) is 24.5 Å². The summed E-state index contributed by atoms with van der Waals surface area (Å²) in [5, 5.41) is 5.63. The van der Waals surface area contributed by atoms with Gasteiger partial charge in [-0.1, -0.05) is 28.9 Å². The van der Waals surface area contributed by atoms with E-state index in [0.29, 0.717) is 0 Å². The first-order valence-corrected chi connectivity index (χ1v) is 9.50. The molecule has 2 rings (SSSR count). The van der Waals surface area contributed by atoms with Crippen molar-refractivity contribution in [3.8, 4) is 0 Å². The smallest absolute Gasteiger partial charge is 0.0701 e. The molecule has 1 aromatic heterocycles. The molecule has 114 valence electrons. The van der Waals surface area contributed by atoms with E-state index in [1.807, 2.05) is 0 Å². The van der Waals surface area contributed by atoms with Gasteiger partial charge in [0, 0.05) is 30.3 Å². The van der Waals surface area contributed by atoms with Gasteiger partial charge in [-0.2, -0.15) is 0 Å². The molecule has 2 nitrogen and oxygen atoms in total. The van der Waals surface area contributed by atoms with E-state index in [2.05, 4.69) is 85.7 Å². The summed E-state index contributed by atoms with van der Waals surface area (Å²) in [6, 6.07) is 8.76. The fourth-order valence-electron chi connectivity index (χ4n) is 2.11. The number of nitrogens with one attached hydrogen (secondary N) is 1. The molecule has 2 aromatic rings. The molecule has 0 amide bonds. The summed E-state index contributed by atoms with van der Waals surface area (Å²) < 4.78 is 2.35. The van der Waals surface area contributed by atoms with E-state index in [4.69, 9.17) is 0 Å². The first-order chi connectivity index (χ1) is 10.1. The minimum absolute atomic E-state index is 0.913. The molecule has 0 aliphatic heterocycles. The summed E-state index contributed by atoms with van der Waals surface area (Å²) in [5.41, 5.74) is 3.86. The quantitative estimate of drug-likeness (QED) is 0.589. The molecule has 21 heavy (non-hydrogen) atoms. The predicted octanol–water partition coefficient (Wildman–Crippen LogP) is 5.41. The van der Waals surface area contributed by atoms with Crippen molar-refractivity contribution in [1.82, 2.24) is 5.32 Å². The molecule has 0 saturated heterocycles. The van der Waals surface area contributed by atoms with Crippen LogP contribution >= 0.6 is 43.2 Å². The normalized spacial score (nSPS) is 10.9. The van der Waals surface area contributed by atoms with Crippen LogP contribution in [0.2, 0.25) is 0 Å². The Balaban J connectivity index is 2.01. The fourth-order valence-corrected chi connectivity index (χ4v) is 3.82. The van der Waals surface area contributed by atoms with Gasteiger partial charge in [-0.25, -0.2) is 0 Å². The van der Waals surface area contributed by atoms with E-state index < -0.39 is 0 Å². The van der Waals surface area contributed by atoms with Crippen LogP contribution in [0.5, 0.6) is 0 Å². The van der Waals surface area contributed by atoms with Crippen LogP contribution in [-0.2, 0) is 13.1 Å². The summed E-state index contributed by atoms with van der Waals surface area (Å²) in [7, 11) is 2.13. The van der Waals surface area contributed by atoms with Gasteiger partial charge in [-0.3, -0.25) is 0 Å². The van der Waals surface area contributed by atoms with E-state index in [-0.39, 0.29) is 0 Å². The molecule has 0 saturated carbocycles. The number of rotatable bonds is 7. The minimum atomic E-state index is 0.913. The standard InChI is InChI=1S/C16H20Br2N2S/c1-3-6-19-9-13-4-5-14(8-15(13)17)20(2)10-12-7-16(18)21-11-12/h4-5,7-8,11,19H,3,6,9-10H2,1-2H3. The summed E-state index contributed by atoms with van der Waals surface area (Å²) in [6.07, 6.45) is 1.16. The van der Waals surface area contributed by atoms with Crippen molar-refractivity contribution >= 4 is 48.9 Å². The molecule has 0 atom stereocenters. The van der Waals surface area contributed by atoms with Crippen LogP contribution in [0.15, 0.2) is 37.9 Å². The number of benzene rings is 1. The molecule has 1 heterocycles. The summed E-state index contributed by atoms with van der Waals surface area (Å²) in [5.74, 6) is 0. The van der Waals surface area contributed by atoms with Crippen LogP contribution < -0.4 is 10.2 Å². The maximum atomic E-state index is 3.68. The Hall–Kier alpha value is -0.360. The Morgan fingerprint density at radius 3 is 2.67 bits per heavy atom. The van der Waals surface area contributed by atoms with Gasteiger partial charge < -0.3 is 10.2 Å². The Kier molecular flexibility index (Phi) is 6.74. The maximum Gasteiger partial charge on any atom is 0.0701 e. The van der Waals surface area contributed by atoms with E-state index in [9.17, 15) is 0 Å². The molecule has 0 spiro atoms. The van der Waals surface area contributed by atoms with Gasteiger partial charge in [0.25, 0.3) is 0 Å². The van der Waals surface area contributed by atoms with Crippen LogP contribution in [0.25, 0.3) is 0 Å². The molecule has 5 heteroatoms. The monoisotopic (exact) mass is 430 g/mol. The molecule has 0 radical (unpaired) electrons. The average molecular weight is 432 g/mol. The zero-order chi connectivity index (χ0) is 15.2. The highest BCUT2D eigenvalue weighted by Gasteiger charge is 2.07. The highest BCUT2D eigenvalue weighted by atomic mass is 79.9. The average Bonchev–Trinajstić information content (AvgIpc) is 2.86. The van der Waals surface area contributed by atoms with Crippen molar-refractivity contribution < 1.29 is 0 Å². The summed E-state index contributed by atoms with van der Waals surface area (Å²) >= 11 is 8.93. The molecular weight excluding hydrogens is 412 g/mol. The molecule has 1 N–H and O–H groups in total. The van der Waals surface area contributed by atoms with E-state index >= 15 is 0 Å². The number of hydrogen-bond donors (Lipinski definition) is 1. The third-order valence-electron chi connectivity index (χ3n) is 3.26. The molecular formula is C16H20Br2N2S. The van der Waals surface area contributed by atoms with Crippen molar-refractivity contribution in [2.45, 2.75) is 26.4 Å². The fraction of sp³-hybridized carbons (Fsp3) is 0.375. The SMILES string of the molecule is CCCNCc1ccc(N(C)Cc2csc(Br)c2)cc1Br. The van der Waals surface area contributed by atoms with Crippen molar-refractivity contribution in [2.24, 2.45) is 0 Å². The molecule has 0 unspecified atom stereocenters. The largest absolute Gasteiger partial charge is 0.370 e.